The maximum atomic E-state index is 12.9. The number of hydrogen-bond acceptors (Lipinski definition) is 4. The van der Waals surface area contributed by atoms with Gasteiger partial charge in [-0.2, -0.15) is 5.10 Å². The maximum absolute atomic E-state index is 12.9. The van der Waals surface area contributed by atoms with Gasteiger partial charge in [-0.05, 0) is 31.4 Å². The van der Waals surface area contributed by atoms with Crippen molar-refractivity contribution in [2.24, 2.45) is 0 Å². The minimum atomic E-state index is -0.174. The Morgan fingerprint density at radius 2 is 2.17 bits per heavy atom. The molecule has 1 aliphatic heterocycles. The highest BCUT2D eigenvalue weighted by Gasteiger charge is 2.32. The van der Waals surface area contributed by atoms with Crippen LogP contribution in [0.4, 0.5) is 0 Å². The molecule has 6 nitrogen and oxygen atoms in total. The Bertz CT molecular complexity index is 684. The molecule has 0 radical (unpaired) electrons. The lowest BCUT2D eigenvalue weighted by Crippen LogP contribution is -2.38. The molecule has 0 aliphatic carbocycles. The summed E-state index contributed by atoms with van der Waals surface area (Å²) in [6.07, 6.45) is 4.34. The molecule has 1 saturated heterocycles. The summed E-state index contributed by atoms with van der Waals surface area (Å²) >= 11 is 0. The number of ether oxygens (including phenoxy) is 1. The smallest absolute Gasteiger partial charge is 0.278 e. The van der Waals surface area contributed by atoms with Gasteiger partial charge in [-0.3, -0.25) is 4.79 Å². The molecular weight excluding hydrogens is 306 g/mol. The van der Waals surface area contributed by atoms with Crippen molar-refractivity contribution in [1.82, 2.24) is 14.7 Å². The van der Waals surface area contributed by atoms with Crippen LogP contribution in [0.15, 0.2) is 36.5 Å². The fraction of sp³-hybridized carbons (Fsp3) is 0.444. The third-order valence-electron chi connectivity index (χ3n) is 4.21. The van der Waals surface area contributed by atoms with Crippen LogP contribution < -0.4 is 4.74 Å². The van der Waals surface area contributed by atoms with Gasteiger partial charge in [-0.25, -0.2) is 4.68 Å². The molecule has 3 rings (SSSR count). The standard InChI is InChI=1S/C18H23N3O3/c1-2-11-24-16-12-21(14-7-4-3-5-8-14)19-17(16)18(23)20-10-6-9-15(20)13-22/h3-5,7-8,12,15,22H,2,6,9-11,13H2,1H3/t15-/m1/s1. The number of amides is 1. The van der Waals surface area contributed by atoms with Crippen LogP contribution in [0.5, 0.6) is 5.75 Å². The van der Waals surface area contributed by atoms with Crippen molar-refractivity contribution in [3.63, 3.8) is 0 Å². The Balaban J connectivity index is 1.92. The van der Waals surface area contributed by atoms with Crippen molar-refractivity contribution < 1.29 is 14.6 Å². The number of rotatable bonds is 6. The molecule has 1 aromatic carbocycles. The molecule has 0 spiro atoms. The first kappa shape index (κ1) is 16.5. The van der Waals surface area contributed by atoms with Crippen molar-refractivity contribution >= 4 is 5.91 Å². The van der Waals surface area contributed by atoms with Gasteiger partial charge in [-0.15, -0.1) is 0 Å². The predicted octanol–water partition coefficient (Wildman–Crippen LogP) is 2.26. The summed E-state index contributed by atoms with van der Waals surface area (Å²) < 4.78 is 7.41. The van der Waals surface area contributed by atoms with Crippen molar-refractivity contribution in [1.29, 1.82) is 0 Å². The Morgan fingerprint density at radius 1 is 1.38 bits per heavy atom. The normalized spacial score (nSPS) is 17.2. The zero-order chi connectivity index (χ0) is 16.9. The second kappa shape index (κ2) is 7.49. The number of likely N-dealkylation sites (tertiary alicyclic amines) is 1. The molecule has 1 fully saturated rings. The molecule has 24 heavy (non-hydrogen) atoms. The van der Waals surface area contributed by atoms with E-state index in [4.69, 9.17) is 4.74 Å². The van der Waals surface area contributed by atoms with Gasteiger partial charge >= 0.3 is 0 Å². The van der Waals surface area contributed by atoms with Crippen molar-refractivity contribution in [2.45, 2.75) is 32.2 Å². The third kappa shape index (κ3) is 3.28. The monoisotopic (exact) mass is 329 g/mol. The first-order chi connectivity index (χ1) is 11.7. The first-order valence-corrected chi connectivity index (χ1v) is 8.44. The Morgan fingerprint density at radius 3 is 2.88 bits per heavy atom. The van der Waals surface area contributed by atoms with Crippen LogP contribution in [0.25, 0.3) is 5.69 Å². The van der Waals surface area contributed by atoms with Gasteiger partial charge in [0.1, 0.15) is 0 Å². The predicted molar refractivity (Wildman–Crippen MR) is 90.5 cm³/mol. The zero-order valence-electron chi connectivity index (χ0n) is 13.9. The average molecular weight is 329 g/mol. The Kier molecular flexibility index (Phi) is 5.15. The summed E-state index contributed by atoms with van der Waals surface area (Å²) in [4.78, 5) is 14.6. The van der Waals surface area contributed by atoms with Crippen molar-refractivity contribution in [2.75, 3.05) is 19.8 Å². The first-order valence-electron chi connectivity index (χ1n) is 8.44. The number of nitrogens with zero attached hydrogens (tertiary/aromatic N) is 3. The summed E-state index contributed by atoms with van der Waals surface area (Å²) in [5.41, 5.74) is 1.19. The molecule has 1 aromatic heterocycles. The lowest BCUT2D eigenvalue weighted by Gasteiger charge is -2.22. The van der Waals surface area contributed by atoms with Gasteiger partial charge in [0.25, 0.3) is 5.91 Å². The number of benzene rings is 1. The van der Waals surface area contributed by atoms with Crippen LogP contribution in [0.2, 0.25) is 0 Å². The summed E-state index contributed by atoms with van der Waals surface area (Å²) in [6, 6.07) is 9.51. The molecule has 0 unspecified atom stereocenters. The van der Waals surface area contributed by atoms with E-state index in [2.05, 4.69) is 5.10 Å². The summed E-state index contributed by atoms with van der Waals surface area (Å²) in [7, 11) is 0. The van der Waals surface area contributed by atoms with E-state index in [0.717, 1.165) is 24.9 Å². The van der Waals surface area contributed by atoms with Crippen LogP contribution >= 0.6 is 0 Å². The summed E-state index contributed by atoms with van der Waals surface area (Å²) in [5, 5.41) is 13.9. The maximum Gasteiger partial charge on any atom is 0.278 e. The van der Waals surface area contributed by atoms with Crippen molar-refractivity contribution in [3.8, 4) is 11.4 Å². The van der Waals surface area contributed by atoms with Crippen molar-refractivity contribution in [3.05, 3.63) is 42.2 Å². The third-order valence-corrected chi connectivity index (χ3v) is 4.21. The highest BCUT2D eigenvalue weighted by molar-refractivity contribution is 5.95. The molecule has 0 bridgehead atoms. The van der Waals surface area contributed by atoms with E-state index in [9.17, 15) is 9.90 Å². The minimum absolute atomic E-state index is 0.0176. The highest BCUT2D eigenvalue weighted by Crippen LogP contribution is 2.25. The van der Waals surface area contributed by atoms with E-state index in [1.165, 1.54) is 0 Å². The van der Waals surface area contributed by atoms with E-state index < -0.39 is 0 Å². The highest BCUT2D eigenvalue weighted by atomic mass is 16.5. The number of aromatic nitrogens is 2. The minimum Gasteiger partial charge on any atom is -0.489 e. The second-order valence-corrected chi connectivity index (χ2v) is 5.95. The Hall–Kier alpha value is -2.34. The number of para-hydroxylation sites is 1. The molecule has 6 heteroatoms. The molecule has 1 aliphatic rings. The van der Waals surface area contributed by atoms with Gasteiger partial charge in [0.2, 0.25) is 0 Å². The fourth-order valence-corrected chi connectivity index (χ4v) is 2.97. The van der Waals surface area contributed by atoms with E-state index in [-0.39, 0.29) is 18.6 Å². The second-order valence-electron chi connectivity index (χ2n) is 5.95. The number of hydrogen-bond donors (Lipinski definition) is 1. The molecule has 2 heterocycles. The fourth-order valence-electron chi connectivity index (χ4n) is 2.97. The topological polar surface area (TPSA) is 67.6 Å². The van der Waals surface area contributed by atoms with E-state index in [1.807, 2.05) is 37.3 Å². The van der Waals surface area contributed by atoms with Gasteiger partial charge in [-0.1, -0.05) is 25.1 Å². The molecule has 2 aromatic rings. The average Bonchev–Trinajstić information content (AvgIpc) is 3.27. The van der Waals surface area contributed by atoms with Crippen LogP contribution in [0.3, 0.4) is 0 Å². The molecule has 128 valence electrons. The van der Waals surface area contributed by atoms with Gasteiger partial charge in [0.05, 0.1) is 31.1 Å². The van der Waals surface area contributed by atoms with Crippen LogP contribution in [0, 0.1) is 0 Å². The van der Waals surface area contributed by atoms with E-state index >= 15 is 0 Å². The summed E-state index contributed by atoms with van der Waals surface area (Å²) in [6.45, 7) is 3.18. The zero-order valence-corrected chi connectivity index (χ0v) is 13.9. The molecule has 1 amide bonds. The molecular formula is C18H23N3O3. The Labute approximate surface area is 141 Å². The quantitative estimate of drug-likeness (QED) is 0.883. The van der Waals surface area contributed by atoms with Crippen LogP contribution in [-0.2, 0) is 0 Å². The van der Waals surface area contributed by atoms with E-state index in [1.54, 1.807) is 15.8 Å². The van der Waals surface area contributed by atoms with Gasteiger partial charge < -0.3 is 14.7 Å². The number of carbonyl (C=O) groups is 1. The summed E-state index contributed by atoms with van der Waals surface area (Å²) in [5.74, 6) is 0.321. The SMILES string of the molecule is CCCOc1cn(-c2ccccc2)nc1C(=O)N1CCC[C@@H]1CO. The molecule has 1 N–H and O–H groups in total. The number of aliphatic hydroxyl groups is 1. The van der Waals surface area contributed by atoms with Gasteiger partial charge in [0.15, 0.2) is 11.4 Å². The lowest BCUT2D eigenvalue weighted by atomic mass is 10.2. The largest absolute Gasteiger partial charge is 0.489 e. The van der Waals surface area contributed by atoms with Gasteiger partial charge in [0, 0.05) is 6.54 Å². The number of aliphatic hydroxyl groups excluding tert-OH is 1. The molecule has 0 saturated carbocycles. The number of carbonyl (C=O) groups excluding carboxylic acids is 1. The molecule has 1 atom stereocenters. The lowest BCUT2D eigenvalue weighted by molar-refractivity contribution is 0.0667. The van der Waals surface area contributed by atoms with Crippen LogP contribution in [-0.4, -0.2) is 51.5 Å². The van der Waals surface area contributed by atoms with Crippen LogP contribution in [0.1, 0.15) is 36.7 Å². The van der Waals surface area contributed by atoms with E-state index in [0.29, 0.717) is 24.6 Å².